The molecule has 3 aromatic rings. The topological polar surface area (TPSA) is 0 Å². The Bertz CT molecular complexity index is 923. The molecule has 140 valence electrons. The van der Waals surface area contributed by atoms with Crippen LogP contribution in [0.2, 0.25) is 0 Å². The molecule has 3 rings (SSSR count). The standard InChI is InChI=1S/C28H28/c1-5-10-24(11-6-2)28(25-12-8-7-9-13-25,26-18-14-22(3)15-19-26)27-20-16-23(4)17-21-27/h5-21H,1H2,2-4H3/b11-6-,24-10+. The van der Waals surface area contributed by atoms with Crippen molar-refractivity contribution >= 4 is 0 Å². The van der Waals surface area contributed by atoms with Crippen LogP contribution in [0.25, 0.3) is 0 Å². The summed E-state index contributed by atoms with van der Waals surface area (Å²) in [6.07, 6.45) is 8.33. The number of aryl methyl sites for hydroxylation is 2. The molecule has 0 aliphatic carbocycles. The molecule has 0 heterocycles. The van der Waals surface area contributed by atoms with Crippen LogP contribution in [0, 0.1) is 13.8 Å². The SMILES string of the molecule is C=C/C=C(\C=C/C)C(c1ccccc1)(c1ccc(C)cc1)c1ccc(C)cc1. The summed E-state index contributed by atoms with van der Waals surface area (Å²) in [7, 11) is 0. The van der Waals surface area contributed by atoms with Crippen molar-refractivity contribution in [3.63, 3.8) is 0 Å². The summed E-state index contributed by atoms with van der Waals surface area (Å²) in [5, 5.41) is 0. The van der Waals surface area contributed by atoms with E-state index < -0.39 is 5.41 Å². The zero-order chi connectivity index (χ0) is 20.0. The fraction of sp³-hybridized carbons (Fsp3) is 0.143. The van der Waals surface area contributed by atoms with Crippen molar-refractivity contribution in [3.8, 4) is 0 Å². The second-order valence-corrected chi connectivity index (χ2v) is 7.21. The van der Waals surface area contributed by atoms with E-state index in [4.69, 9.17) is 0 Å². The fourth-order valence-corrected chi connectivity index (χ4v) is 3.91. The normalized spacial score (nSPS) is 12.3. The molecule has 0 aliphatic rings. The Hall–Kier alpha value is -3.12. The summed E-state index contributed by atoms with van der Waals surface area (Å²) in [6, 6.07) is 28.6. The minimum Gasteiger partial charge on any atom is -0.0991 e. The second-order valence-electron chi connectivity index (χ2n) is 7.21. The maximum absolute atomic E-state index is 4.00. The first-order valence-corrected chi connectivity index (χ1v) is 9.78. The predicted octanol–water partition coefficient (Wildman–Crippen LogP) is 7.33. The average Bonchev–Trinajstić information content (AvgIpc) is 2.72. The molecule has 0 unspecified atom stereocenters. The third-order valence-electron chi connectivity index (χ3n) is 5.25. The molecule has 0 radical (unpaired) electrons. The maximum atomic E-state index is 4.00. The summed E-state index contributed by atoms with van der Waals surface area (Å²) >= 11 is 0. The highest BCUT2D eigenvalue weighted by atomic mass is 14.4. The molecule has 0 saturated heterocycles. The quantitative estimate of drug-likeness (QED) is 0.317. The first kappa shape index (κ1) is 19.6. The Balaban J connectivity index is 2.47. The van der Waals surface area contributed by atoms with Gasteiger partial charge < -0.3 is 0 Å². The first-order chi connectivity index (χ1) is 13.6. The summed E-state index contributed by atoms with van der Waals surface area (Å²) < 4.78 is 0. The van der Waals surface area contributed by atoms with Crippen molar-refractivity contribution in [1.29, 1.82) is 0 Å². The lowest BCUT2D eigenvalue weighted by Gasteiger charge is -2.37. The van der Waals surface area contributed by atoms with Gasteiger partial charge in [-0.05, 0) is 43.0 Å². The van der Waals surface area contributed by atoms with E-state index >= 15 is 0 Å². The number of hydrogen-bond donors (Lipinski definition) is 0. The lowest BCUT2D eigenvalue weighted by Crippen LogP contribution is -2.31. The minimum absolute atomic E-state index is 0.413. The van der Waals surface area contributed by atoms with Gasteiger partial charge in [-0.2, -0.15) is 0 Å². The third-order valence-corrected chi connectivity index (χ3v) is 5.25. The first-order valence-electron chi connectivity index (χ1n) is 9.78. The number of allylic oxidation sites excluding steroid dienone is 5. The van der Waals surface area contributed by atoms with Gasteiger partial charge in [0.05, 0.1) is 5.41 Å². The molecule has 0 bridgehead atoms. The van der Waals surface area contributed by atoms with Gasteiger partial charge in [0.25, 0.3) is 0 Å². The molecule has 0 aliphatic heterocycles. The highest BCUT2D eigenvalue weighted by Crippen LogP contribution is 2.46. The number of hydrogen-bond acceptors (Lipinski definition) is 0. The molecule has 0 fully saturated rings. The van der Waals surface area contributed by atoms with Gasteiger partial charge in [0, 0.05) is 0 Å². The van der Waals surface area contributed by atoms with E-state index in [9.17, 15) is 0 Å². The predicted molar refractivity (Wildman–Crippen MR) is 122 cm³/mol. The van der Waals surface area contributed by atoms with Gasteiger partial charge in [0.1, 0.15) is 0 Å². The molecule has 3 aromatic carbocycles. The second kappa shape index (κ2) is 8.71. The largest absolute Gasteiger partial charge is 0.0991 e. The molecular formula is C28H28. The van der Waals surface area contributed by atoms with E-state index in [-0.39, 0.29) is 0 Å². The van der Waals surface area contributed by atoms with E-state index in [1.807, 2.05) is 6.08 Å². The van der Waals surface area contributed by atoms with Gasteiger partial charge in [0.2, 0.25) is 0 Å². The van der Waals surface area contributed by atoms with Gasteiger partial charge in [0.15, 0.2) is 0 Å². The van der Waals surface area contributed by atoms with Crippen LogP contribution in [0.3, 0.4) is 0 Å². The molecule has 0 atom stereocenters. The summed E-state index contributed by atoms with van der Waals surface area (Å²) in [5.74, 6) is 0. The van der Waals surface area contributed by atoms with Crippen LogP contribution < -0.4 is 0 Å². The Kier molecular flexibility index (Phi) is 6.11. The Labute approximate surface area is 169 Å². The van der Waals surface area contributed by atoms with Crippen LogP contribution in [0.4, 0.5) is 0 Å². The van der Waals surface area contributed by atoms with Crippen LogP contribution in [0.1, 0.15) is 34.7 Å². The Morgan fingerprint density at radius 3 is 1.61 bits per heavy atom. The molecule has 0 heteroatoms. The minimum atomic E-state index is -0.413. The van der Waals surface area contributed by atoms with Gasteiger partial charge in [-0.3, -0.25) is 0 Å². The zero-order valence-electron chi connectivity index (χ0n) is 17.0. The molecular weight excluding hydrogens is 336 g/mol. The van der Waals surface area contributed by atoms with Crippen LogP contribution in [0.15, 0.2) is 115 Å². The highest BCUT2D eigenvalue weighted by Gasteiger charge is 2.38. The Morgan fingerprint density at radius 1 is 0.714 bits per heavy atom. The highest BCUT2D eigenvalue weighted by molar-refractivity contribution is 5.62. The third kappa shape index (κ3) is 3.64. The summed E-state index contributed by atoms with van der Waals surface area (Å²) in [5.41, 5.74) is 7.05. The molecule has 0 amide bonds. The van der Waals surface area contributed by atoms with Crippen LogP contribution in [-0.4, -0.2) is 0 Å². The zero-order valence-corrected chi connectivity index (χ0v) is 17.0. The van der Waals surface area contributed by atoms with E-state index in [2.05, 4.69) is 124 Å². The van der Waals surface area contributed by atoms with Gasteiger partial charge in [-0.1, -0.05) is 121 Å². The van der Waals surface area contributed by atoms with Crippen molar-refractivity contribution in [2.45, 2.75) is 26.2 Å². The lowest BCUT2D eigenvalue weighted by molar-refractivity contribution is 0.742. The van der Waals surface area contributed by atoms with Crippen molar-refractivity contribution in [1.82, 2.24) is 0 Å². The summed E-state index contributed by atoms with van der Waals surface area (Å²) in [4.78, 5) is 0. The lowest BCUT2D eigenvalue weighted by atomic mass is 9.64. The van der Waals surface area contributed by atoms with Gasteiger partial charge in [-0.25, -0.2) is 0 Å². The van der Waals surface area contributed by atoms with Crippen molar-refractivity contribution in [2.75, 3.05) is 0 Å². The van der Waals surface area contributed by atoms with Crippen LogP contribution in [-0.2, 0) is 5.41 Å². The van der Waals surface area contributed by atoms with Crippen LogP contribution in [0.5, 0.6) is 0 Å². The number of rotatable bonds is 6. The molecule has 0 nitrogen and oxygen atoms in total. The van der Waals surface area contributed by atoms with E-state index in [0.717, 1.165) is 0 Å². The molecule has 0 spiro atoms. The molecule has 28 heavy (non-hydrogen) atoms. The molecule has 0 N–H and O–H groups in total. The van der Waals surface area contributed by atoms with E-state index in [1.165, 1.54) is 33.4 Å². The van der Waals surface area contributed by atoms with Crippen molar-refractivity contribution < 1.29 is 0 Å². The van der Waals surface area contributed by atoms with Gasteiger partial charge >= 0.3 is 0 Å². The monoisotopic (exact) mass is 364 g/mol. The van der Waals surface area contributed by atoms with Gasteiger partial charge in [-0.15, -0.1) is 0 Å². The van der Waals surface area contributed by atoms with Crippen LogP contribution >= 0.6 is 0 Å². The summed E-state index contributed by atoms with van der Waals surface area (Å²) in [6.45, 7) is 10.3. The molecule has 0 saturated carbocycles. The fourth-order valence-electron chi connectivity index (χ4n) is 3.91. The van der Waals surface area contributed by atoms with E-state index in [1.54, 1.807) is 0 Å². The Morgan fingerprint density at radius 2 is 1.18 bits per heavy atom. The smallest absolute Gasteiger partial charge is 0.0701 e. The molecule has 0 aromatic heterocycles. The average molecular weight is 365 g/mol. The van der Waals surface area contributed by atoms with Crippen molar-refractivity contribution in [3.05, 3.63) is 143 Å². The maximum Gasteiger partial charge on any atom is 0.0701 e. The van der Waals surface area contributed by atoms with Crippen molar-refractivity contribution in [2.24, 2.45) is 0 Å². The number of benzene rings is 3. The van der Waals surface area contributed by atoms with E-state index in [0.29, 0.717) is 0 Å².